The average Bonchev–Trinajstić information content (AvgIpc) is 2.89. The van der Waals surface area contributed by atoms with Gasteiger partial charge in [-0.25, -0.2) is 9.59 Å². The van der Waals surface area contributed by atoms with Crippen molar-refractivity contribution in [3.8, 4) is 0 Å². The van der Waals surface area contributed by atoms with Crippen molar-refractivity contribution < 1.29 is 19.4 Å². The molecular weight excluding hydrogens is 248 g/mol. The molecule has 2 saturated heterocycles. The minimum Gasteiger partial charge on any atom is -0.480 e. The van der Waals surface area contributed by atoms with Gasteiger partial charge in [-0.15, -0.1) is 0 Å². The van der Waals surface area contributed by atoms with Crippen LogP contribution in [-0.4, -0.2) is 41.4 Å². The van der Waals surface area contributed by atoms with Gasteiger partial charge in [-0.2, -0.15) is 0 Å². The maximum atomic E-state index is 11.8. The van der Waals surface area contributed by atoms with Gasteiger partial charge in [0, 0.05) is 0 Å². The zero-order valence-electron chi connectivity index (χ0n) is 11.4. The van der Waals surface area contributed by atoms with Gasteiger partial charge < -0.3 is 20.5 Å². The van der Waals surface area contributed by atoms with Crippen LogP contribution in [0.4, 0.5) is 4.79 Å². The molecule has 0 aliphatic carbocycles. The third-order valence-corrected chi connectivity index (χ3v) is 3.73. The lowest BCUT2D eigenvalue weighted by molar-refractivity contribution is -0.139. The molecule has 6 heteroatoms. The molecule has 3 unspecified atom stereocenters. The van der Waals surface area contributed by atoms with Gasteiger partial charge in [-0.05, 0) is 31.6 Å². The predicted molar refractivity (Wildman–Crippen MR) is 68.8 cm³/mol. The summed E-state index contributed by atoms with van der Waals surface area (Å²) in [6, 6.07) is -1.22. The Morgan fingerprint density at radius 3 is 2.58 bits per heavy atom. The van der Waals surface area contributed by atoms with Crippen LogP contribution < -0.4 is 10.6 Å². The van der Waals surface area contributed by atoms with Crippen molar-refractivity contribution in [1.29, 1.82) is 0 Å². The fourth-order valence-corrected chi connectivity index (χ4v) is 2.85. The molecule has 4 atom stereocenters. The molecule has 0 aromatic carbocycles. The first-order valence-corrected chi connectivity index (χ1v) is 6.91. The van der Waals surface area contributed by atoms with E-state index in [2.05, 4.69) is 10.6 Å². The Bertz CT molecular complexity index is 359. The summed E-state index contributed by atoms with van der Waals surface area (Å²) in [5.74, 6) is -0.778. The monoisotopic (exact) mass is 270 g/mol. The molecule has 2 bridgehead atoms. The maximum absolute atomic E-state index is 11.8. The lowest BCUT2D eigenvalue weighted by Crippen LogP contribution is -2.51. The van der Waals surface area contributed by atoms with Crippen LogP contribution in [0.2, 0.25) is 0 Å². The Morgan fingerprint density at radius 2 is 2.11 bits per heavy atom. The Morgan fingerprint density at radius 1 is 1.37 bits per heavy atom. The van der Waals surface area contributed by atoms with E-state index in [1.807, 2.05) is 13.8 Å². The highest BCUT2D eigenvalue weighted by molar-refractivity contribution is 5.82. The van der Waals surface area contributed by atoms with Crippen LogP contribution in [0.5, 0.6) is 0 Å². The van der Waals surface area contributed by atoms with Crippen molar-refractivity contribution >= 4 is 12.0 Å². The second kappa shape index (κ2) is 5.77. The summed E-state index contributed by atoms with van der Waals surface area (Å²) in [7, 11) is 0. The van der Waals surface area contributed by atoms with E-state index >= 15 is 0 Å². The molecule has 2 aliphatic heterocycles. The molecular formula is C13H22N2O4. The molecule has 0 aromatic heterocycles. The van der Waals surface area contributed by atoms with Crippen molar-refractivity contribution in [3.05, 3.63) is 0 Å². The number of hydrogen-bond donors (Lipinski definition) is 3. The fraction of sp³-hybridized carbons (Fsp3) is 0.846. The number of nitrogens with one attached hydrogen (secondary N) is 2. The summed E-state index contributed by atoms with van der Waals surface area (Å²) in [5.41, 5.74) is 0. The van der Waals surface area contributed by atoms with Gasteiger partial charge in [0.1, 0.15) is 6.04 Å². The normalized spacial score (nSPS) is 30.4. The van der Waals surface area contributed by atoms with E-state index in [1.165, 1.54) is 0 Å². The minimum absolute atomic E-state index is 0.0206. The van der Waals surface area contributed by atoms with E-state index in [4.69, 9.17) is 9.84 Å². The summed E-state index contributed by atoms with van der Waals surface area (Å²) in [4.78, 5) is 22.9. The van der Waals surface area contributed by atoms with Crippen LogP contribution in [0.25, 0.3) is 0 Å². The Labute approximate surface area is 112 Å². The fourth-order valence-electron chi connectivity index (χ4n) is 2.85. The second-order valence-corrected chi connectivity index (χ2v) is 5.85. The molecule has 2 fully saturated rings. The van der Waals surface area contributed by atoms with Crippen LogP contribution in [-0.2, 0) is 9.53 Å². The molecule has 3 N–H and O–H groups in total. The highest BCUT2D eigenvalue weighted by atomic mass is 16.5. The summed E-state index contributed by atoms with van der Waals surface area (Å²) in [6.45, 7) is 3.86. The summed E-state index contributed by atoms with van der Waals surface area (Å²) in [5, 5.41) is 14.4. The maximum Gasteiger partial charge on any atom is 0.326 e. The standard InChI is InChI=1S/C13H22N2O4/c1-7(2)5-10(12(16)17)15-13(18)14-9-6-8-3-4-11(9)19-8/h7-11H,3-6H2,1-2H3,(H,16,17)(H2,14,15,18)/t8?,9?,10-,11?/m1/s1. The van der Waals surface area contributed by atoms with Crippen molar-refractivity contribution in [3.63, 3.8) is 0 Å². The van der Waals surface area contributed by atoms with Gasteiger partial charge in [-0.3, -0.25) is 0 Å². The molecule has 19 heavy (non-hydrogen) atoms. The first-order chi connectivity index (χ1) is 8.95. The van der Waals surface area contributed by atoms with Crippen LogP contribution in [0.15, 0.2) is 0 Å². The molecule has 2 aliphatic rings. The number of urea groups is 1. The largest absolute Gasteiger partial charge is 0.480 e. The van der Waals surface area contributed by atoms with Crippen LogP contribution in [0.3, 0.4) is 0 Å². The number of carboxylic acids is 1. The molecule has 6 nitrogen and oxygen atoms in total. The molecule has 0 spiro atoms. The van der Waals surface area contributed by atoms with Gasteiger partial charge in [0.15, 0.2) is 0 Å². The minimum atomic E-state index is -0.993. The third-order valence-electron chi connectivity index (χ3n) is 3.73. The molecule has 0 saturated carbocycles. The Hall–Kier alpha value is -1.30. The summed E-state index contributed by atoms with van der Waals surface area (Å²) < 4.78 is 5.64. The Kier molecular flexibility index (Phi) is 4.29. The smallest absolute Gasteiger partial charge is 0.326 e. The number of rotatable bonds is 5. The second-order valence-electron chi connectivity index (χ2n) is 5.85. The van der Waals surface area contributed by atoms with Gasteiger partial charge >= 0.3 is 12.0 Å². The van der Waals surface area contributed by atoms with Crippen molar-refractivity contribution in [1.82, 2.24) is 10.6 Å². The number of carbonyl (C=O) groups excluding carboxylic acids is 1. The van der Waals surface area contributed by atoms with Gasteiger partial charge in [-0.1, -0.05) is 13.8 Å². The number of hydrogen-bond acceptors (Lipinski definition) is 3. The summed E-state index contributed by atoms with van der Waals surface area (Å²) in [6.07, 6.45) is 3.67. The third kappa shape index (κ3) is 3.59. The lowest BCUT2D eigenvalue weighted by Gasteiger charge is -2.22. The van der Waals surface area contributed by atoms with Gasteiger partial charge in [0.05, 0.1) is 18.2 Å². The zero-order chi connectivity index (χ0) is 14.0. The summed E-state index contributed by atoms with van der Waals surface area (Å²) >= 11 is 0. The van der Waals surface area contributed by atoms with E-state index in [9.17, 15) is 9.59 Å². The van der Waals surface area contributed by atoms with Crippen molar-refractivity contribution in [2.45, 2.75) is 63.8 Å². The zero-order valence-corrected chi connectivity index (χ0v) is 11.4. The van der Waals surface area contributed by atoms with E-state index in [0.29, 0.717) is 6.42 Å². The van der Waals surface area contributed by atoms with Crippen LogP contribution >= 0.6 is 0 Å². The quantitative estimate of drug-likeness (QED) is 0.698. The number of carboxylic acid groups (broad SMARTS) is 1. The first kappa shape index (κ1) is 14.1. The molecule has 2 rings (SSSR count). The average molecular weight is 270 g/mol. The van der Waals surface area contributed by atoms with E-state index in [1.54, 1.807) is 0 Å². The molecule has 2 heterocycles. The lowest BCUT2D eigenvalue weighted by atomic mass is 9.96. The van der Waals surface area contributed by atoms with Crippen molar-refractivity contribution in [2.24, 2.45) is 5.92 Å². The molecule has 108 valence electrons. The number of carbonyl (C=O) groups is 2. The highest BCUT2D eigenvalue weighted by Gasteiger charge is 2.41. The van der Waals surface area contributed by atoms with Crippen LogP contribution in [0.1, 0.15) is 39.5 Å². The number of ether oxygens (including phenoxy) is 1. The number of aliphatic carboxylic acids is 1. The Balaban J connectivity index is 1.81. The van der Waals surface area contributed by atoms with Gasteiger partial charge in [0.2, 0.25) is 0 Å². The highest BCUT2D eigenvalue weighted by Crippen LogP contribution is 2.34. The number of amides is 2. The van der Waals surface area contributed by atoms with Crippen LogP contribution in [0, 0.1) is 5.92 Å². The van der Waals surface area contributed by atoms with Crippen molar-refractivity contribution in [2.75, 3.05) is 0 Å². The molecule has 2 amide bonds. The SMILES string of the molecule is CC(C)C[C@@H](NC(=O)NC1CC2CCC1O2)C(=O)O. The molecule has 0 aromatic rings. The predicted octanol–water partition coefficient (Wildman–Crippen LogP) is 1.10. The van der Waals surface area contributed by atoms with E-state index < -0.39 is 18.0 Å². The topological polar surface area (TPSA) is 87.7 Å². The van der Waals surface area contributed by atoms with E-state index in [-0.39, 0.29) is 24.2 Å². The first-order valence-electron chi connectivity index (χ1n) is 6.91. The number of fused-ring (bicyclic) bond motifs is 2. The van der Waals surface area contributed by atoms with Gasteiger partial charge in [0.25, 0.3) is 0 Å². The molecule has 0 radical (unpaired) electrons. The van der Waals surface area contributed by atoms with E-state index in [0.717, 1.165) is 19.3 Å².